The molecular weight excluding hydrogens is 350 g/mol. The summed E-state index contributed by atoms with van der Waals surface area (Å²) in [6.45, 7) is 2.42. The van der Waals surface area contributed by atoms with Crippen molar-refractivity contribution in [2.75, 3.05) is 26.1 Å². The molecule has 2 aromatic rings. The molecule has 0 fully saturated rings. The van der Waals surface area contributed by atoms with Crippen molar-refractivity contribution in [3.05, 3.63) is 48.0 Å². The van der Waals surface area contributed by atoms with E-state index in [1.54, 1.807) is 42.5 Å². The predicted octanol–water partition coefficient (Wildman–Crippen LogP) is 2.19. The summed E-state index contributed by atoms with van der Waals surface area (Å²) in [4.78, 5) is 23.8. The zero-order chi connectivity index (χ0) is 19.6. The molecule has 0 aliphatic carbocycles. The van der Waals surface area contributed by atoms with Crippen LogP contribution in [0.1, 0.15) is 12.5 Å². The molecule has 142 valence electrons. The van der Waals surface area contributed by atoms with Crippen molar-refractivity contribution >= 4 is 23.7 Å². The van der Waals surface area contributed by atoms with Crippen LogP contribution >= 0.6 is 0 Å². The van der Waals surface area contributed by atoms with Gasteiger partial charge in [-0.1, -0.05) is 0 Å². The zero-order valence-corrected chi connectivity index (χ0v) is 15.3. The van der Waals surface area contributed by atoms with Gasteiger partial charge in [0.25, 0.3) is 0 Å². The Morgan fingerprint density at radius 2 is 1.70 bits per heavy atom. The quantitative estimate of drug-likeness (QED) is 0.442. The second kappa shape index (κ2) is 9.81. The third-order valence-electron chi connectivity index (χ3n) is 3.44. The van der Waals surface area contributed by atoms with Crippen LogP contribution in [-0.4, -0.2) is 38.9 Å². The first-order valence-electron chi connectivity index (χ1n) is 8.16. The Kier molecular flexibility index (Phi) is 7.18. The lowest BCUT2D eigenvalue weighted by atomic mass is 10.2. The van der Waals surface area contributed by atoms with Gasteiger partial charge < -0.3 is 19.5 Å². The van der Waals surface area contributed by atoms with Crippen LogP contribution in [0.15, 0.2) is 47.6 Å². The fourth-order valence-electron chi connectivity index (χ4n) is 2.14. The molecule has 0 saturated carbocycles. The van der Waals surface area contributed by atoms with E-state index in [-0.39, 0.29) is 0 Å². The molecule has 2 N–H and O–H groups in total. The molecule has 0 spiro atoms. The third-order valence-corrected chi connectivity index (χ3v) is 3.44. The normalized spacial score (nSPS) is 10.3. The fraction of sp³-hybridized carbons (Fsp3) is 0.211. The number of amides is 2. The number of hydrazone groups is 1. The molecule has 27 heavy (non-hydrogen) atoms. The van der Waals surface area contributed by atoms with Gasteiger partial charge in [-0.25, -0.2) is 5.43 Å². The number of methoxy groups -OCH3 is 2. The van der Waals surface area contributed by atoms with E-state index in [1.807, 2.05) is 6.92 Å². The first kappa shape index (κ1) is 19.8. The van der Waals surface area contributed by atoms with Gasteiger partial charge in [0.15, 0.2) is 0 Å². The highest BCUT2D eigenvalue weighted by atomic mass is 16.5. The number of carbonyl (C=O) groups excluding carboxylic acids is 2. The van der Waals surface area contributed by atoms with Crippen molar-refractivity contribution in [2.45, 2.75) is 6.92 Å². The topological polar surface area (TPSA) is 98.2 Å². The van der Waals surface area contributed by atoms with Crippen LogP contribution < -0.4 is 25.0 Å². The van der Waals surface area contributed by atoms with Crippen LogP contribution in [0.4, 0.5) is 5.69 Å². The summed E-state index contributed by atoms with van der Waals surface area (Å²) in [7, 11) is 3.05. The van der Waals surface area contributed by atoms with Crippen molar-refractivity contribution in [1.82, 2.24) is 5.43 Å². The summed E-state index contributed by atoms with van der Waals surface area (Å²) >= 11 is 0. The lowest BCUT2D eigenvalue weighted by Crippen LogP contribution is -2.32. The molecule has 0 radical (unpaired) electrons. The zero-order valence-electron chi connectivity index (χ0n) is 15.3. The van der Waals surface area contributed by atoms with E-state index >= 15 is 0 Å². The van der Waals surface area contributed by atoms with Gasteiger partial charge in [-0.2, -0.15) is 5.10 Å². The number of benzene rings is 2. The molecule has 2 rings (SSSR count). The van der Waals surface area contributed by atoms with E-state index < -0.39 is 11.8 Å². The van der Waals surface area contributed by atoms with Gasteiger partial charge in [-0.15, -0.1) is 0 Å². The number of ether oxygens (including phenoxy) is 3. The average Bonchev–Trinajstić information content (AvgIpc) is 2.69. The van der Waals surface area contributed by atoms with Gasteiger partial charge >= 0.3 is 11.8 Å². The van der Waals surface area contributed by atoms with Crippen LogP contribution in [0.5, 0.6) is 17.2 Å². The molecule has 0 saturated heterocycles. The Balaban J connectivity index is 1.94. The summed E-state index contributed by atoms with van der Waals surface area (Å²) in [5.41, 5.74) is 3.23. The minimum absolute atomic E-state index is 0.469. The number of carbonyl (C=O) groups is 2. The van der Waals surface area contributed by atoms with Crippen LogP contribution in [0.2, 0.25) is 0 Å². The van der Waals surface area contributed by atoms with E-state index in [2.05, 4.69) is 15.8 Å². The molecule has 0 aliphatic rings. The molecular formula is C19H21N3O5. The highest BCUT2D eigenvalue weighted by molar-refractivity contribution is 6.39. The molecule has 0 unspecified atom stereocenters. The van der Waals surface area contributed by atoms with Crippen LogP contribution in [0.3, 0.4) is 0 Å². The molecule has 0 aliphatic heterocycles. The summed E-state index contributed by atoms with van der Waals surface area (Å²) in [5, 5.41) is 6.26. The van der Waals surface area contributed by atoms with E-state index in [0.717, 1.165) is 0 Å². The van der Waals surface area contributed by atoms with E-state index in [4.69, 9.17) is 14.2 Å². The first-order chi connectivity index (χ1) is 13.1. The van der Waals surface area contributed by atoms with Gasteiger partial charge in [0.2, 0.25) is 0 Å². The van der Waals surface area contributed by atoms with E-state index in [1.165, 1.54) is 20.4 Å². The predicted molar refractivity (Wildman–Crippen MR) is 102 cm³/mol. The molecule has 8 heteroatoms. The number of nitrogens with one attached hydrogen (secondary N) is 2. The lowest BCUT2D eigenvalue weighted by Gasteiger charge is -2.07. The summed E-state index contributed by atoms with van der Waals surface area (Å²) in [6, 6.07) is 11.8. The van der Waals surface area contributed by atoms with E-state index in [9.17, 15) is 9.59 Å². The van der Waals surface area contributed by atoms with Gasteiger partial charge in [-0.05, 0) is 49.4 Å². The second-order valence-corrected chi connectivity index (χ2v) is 5.22. The highest BCUT2D eigenvalue weighted by Gasteiger charge is 2.13. The highest BCUT2D eigenvalue weighted by Crippen LogP contribution is 2.22. The van der Waals surface area contributed by atoms with Gasteiger partial charge in [0.1, 0.15) is 17.2 Å². The van der Waals surface area contributed by atoms with Crippen molar-refractivity contribution in [3.8, 4) is 17.2 Å². The lowest BCUT2D eigenvalue weighted by molar-refractivity contribution is -0.136. The molecule has 0 bridgehead atoms. The SMILES string of the molecule is CCOc1ccc(NC(=O)C(=O)NN=Cc2cc(OC)ccc2OC)cc1. The summed E-state index contributed by atoms with van der Waals surface area (Å²) in [5.74, 6) is 0.0946. The largest absolute Gasteiger partial charge is 0.497 e. The maximum atomic E-state index is 11.9. The van der Waals surface area contributed by atoms with Crippen LogP contribution in [0, 0.1) is 0 Å². The first-order valence-corrected chi connectivity index (χ1v) is 8.16. The van der Waals surface area contributed by atoms with Crippen molar-refractivity contribution in [3.63, 3.8) is 0 Å². The van der Waals surface area contributed by atoms with Gasteiger partial charge in [0.05, 0.1) is 27.0 Å². The Labute approximate surface area is 157 Å². The number of rotatable bonds is 7. The molecule has 0 heterocycles. The Bertz CT molecular complexity index is 819. The van der Waals surface area contributed by atoms with E-state index in [0.29, 0.717) is 35.1 Å². The molecule has 2 amide bonds. The summed E-state index contributed by atoms with van der Waals surface area (Å²) < 4.78 is 15.7. The Hall–Kier alpha value is -3.55. The minimum atomic E-state index is -0.901. The van der Waals surface area contributed by atoms with Crippen LogP contribution in [-0.2, 0) is 9.59 Å². The number of nitrogens with zero attached hydrogens (tertiary/aromatic N) is 1. The fourth-order valence-corrected chi connectivity index (χ4v) is 2.14. The third kappa shape index (κ3) is 5.74. The molecule has 2 aromatic carbocycles. The van der Waals surface area contributed by atoms with Crippen molar-refractivity contribution in [1.29, 1.82) is 0 Å². The van der Waals surface area contributed by atoms with Gasteiger partial charge in [-0.3, -0.25) is 9.59 Å². The smallest absolute Gasteiger partial charge is 0.329 e. The van der Waals surface area contributed by atoms with Gasteiger partial charge in [0, 0.05) is 11.3 Å². The molecule has 8 nitrogen and oxygen atoms in total. The van der Waals surface area contributed by atoms with Crippen LogP contribution in [0.25, 0.3) is 0 Å². The number of hydrogen-bond acceptors (Lipinski definition) is 6. The maximum Gasteiger partial charge on any atom is 0.329 e. The molecule has 0 atom stereocenters. The maximum absolute atomic E-state index is 11.9. The summed E-state index contributed by atoms with van der Waals surface area (Å²) in [6.07, 6.45) is 1.36. The average molecular weight is 371 g/mol. The number of hydrogen-bond donors (Lipinski definition) is 2. The number of anilines is 1. The second-order valence-electron chi connectivity index (χ2n) is 5.22. The molecule has 0 aromatic heterocycles. The monoisotopic (exact) mass is 371 g/mol. The standard InChI is InChI=1S/C19H21N3O5/c1-4-27-15-7-5-14(6-8-15)21-18(23)19(24)22-20-12-13-11-16(25-2)9-10-17(13)26-3/h5-12H,4H2,1-3H3,(H,21,23)(H,22,24). The minimum Gasteiger partial charge on any atom is -0.497 e. The van der Waals surface area contributed by atoms with Crippen molar-refractivity contribution < 1.29 is 23.8 Å². The van der Waals surface area contributed by atoms with Crippen molar-refractivity contribution in [2.24, 2.45) is 5.10 Å². The Morgan fingerprint density at radius 1 is 1.00 bits per heavy atom. The Morgan fingerprint density at radius 3 is 2.33 bits per heavy atom.